The molecule has 0 saturated carbocycles. The number of carbonyl (C=O) groups is 2. The molecule has 0 aromatic carbocycles. The van der Waals surface area contributed by atoms with E-state index < -0.39 is 17.4 Å². The van der Waals surface area contributed by atoms with Crippen molar-refractivity contribution in [1.29, 1.82) is 0 Å². The lowest BCUT2D eigenvalue weighted by atomic mass is 9.84. The summed E-state index contributed by atoms with van der Waals surface area (Å²) in [6.07, 6.45) is 0.565. The van der Waals surface area contributed by atoms with Gasteiger partial charge in [0.15, 0.2) is 5.41 Å². The minimum absolute atomic E-state index is 0.283. The molecule has 0 N–H and O–H groups in total. The van der Waals surface area contributed by atoms with Gasteiger partial charge in [0.1, 0.15) is 11.5 Å². The average molecular weight is 252 g/mol. The summed E-state index contributed by atoms with van der Waals surface area (Å²) >= 11 is 0. The van der Waals surface area contributed by atoms with Crippen LogP contribution in [0.1, 0.15) is 22.6 Å². The summed E-state index contributed by atoms with van der Waals surface area (Å²) in [5.41, 5.74) is 0.590. The second-order valence-electron chi connectivity index (χ2n) is 4.59. The SMILES string of the molecule is COC(=O)C1(C(=O)OC)Cc2c(C)oc(C)c2C1. The Morgan fingerprint density at radius 3 is 1.72 bits per heavy atom. The van der Waals surface area contributed by atoms with Crippen molar-refractivity contribution >= 4 is 11.9 Å². The molecule has 0 bridgehead atoms. The second kappa shape index (κ2) is 4.15. The predicted octanol–water partition coefficient (Wildman–Crippen LogP) is 1.33. The molecule has 1 aliphatic carbocycles. The normalized spacial score (nSPS) is 16.2. The van der Waals surface area contributed by atoms with Crippen LogP contribution in [0.5, 0.6) is 0 Å². The second-order valence-corrected chi connectivity index (χ2v) is 4.59. The lowest BCUT2D eigenvalue weighted by Gasteiger charge is -2.22. The van der Waals surface area contributed by atoms with Crippen molar-refractivity contribution in [1.82, 2.24) is 0 Å². The molecule has 5 heteroatoms. The first-order valence-corrected chi connectivity index (χ1v) is 5.71. The van der Waals surface area contributed by atoms with E-state index >= 15 is 0 Å². The van der Waals surface area contributed by atoms with Crippen molar-refractivity contribution in [2.45, 2.75) is 26.7 Å². The molecular formula is C13H16O5. The number of fused-ring (bicyclic) bond motifs is 1. The fraction of sp³-hybridized carbons (Fsp3) is 0.538. The van der Waals surface area contributed by atoms with Crippen molar-refractivity contribution < 1.29 is 23.5 Å². The molecule has 0 unspecified atom stereocenters. The highest BCUT2D eigenvalue weighted by atomic mass is 16.5. The third kappa shape index (κ3) is 1.54. The van der Waals surface area contributed by atoms with Crippen LogP contribution in [-0.4, -0.2) is 26.2 Å². The fourth-order valence-electron chi connectivity index (χ4n) is 2.67. The van der Waals surface area contributed by atoms with Crippen LogP contribution in [0, 0.1) is 19.3 Å². The van der Waals surface area contributed by atoms with Gasteiger partial charge in [0.05, 0.1) is 14.2 Å². The molecule has 0 amide bonds. The van der Waals surface area contributed by atoms with Gasteiger partial charge in [0.25, 0.3) is 0 Å². The van der Waals surface area contributed by atoms with Crippen LogP contribution in [0.2, 0.25) is 0 Å². The number of aryl methyl sites for hydroxylation is 2. The maximum absolute atomic E-state index is 12.0. The maximum atomic E-state index is 12.0. The van der Waals surface area contributed by atoms with E-state index in [2.05, 4.69) is 0 Å². The van der Waals surface area contributed by atoms with Gasteiger partial charge in [-0.1, -0.05) is 0 Å². The van der Waals surface area contributed by atoms with Gasteiger partial charge in [0, 0.05) is 12.8 Å². The third-order valence-corrected chi connectivity index (χ3v) is 3.63. The Bertz CT molecular complexity index is 467. The zero-order chi connectivity index (χ0) is 13.5. The van der Waals surface area contributed by atoms with Crippen LogP contribution in [0.15, 0.2) is 4.42 Å². The van der Waals surface area contributed by atoms with E-state index in [0.29, 0.717) is 0 Å². The van der Waals surface area contributed by atoms with Crippen LogP contribution in [0.4, 0.5) is 0 Å². The lowest BCUT2D eigenvalue weighted by molar-refractivity contribution is -0.168. The highest BCUT2D eigenvalue weighted by Gasteiger charge is 2.54. The van der Waals surface area contributed by atoms with Crippen LogP contribution in [0.3, 0.4) is 0 Å². The maximum Gasteiger partial charge on any atom is 0.323 e. The van der Waals surface area contributed by atoms with Crippen molar-refractivity contribution in [3.05, 3.63) is 22.6 Å². The number of hydrogen-bond donors (Lipinski definition) is 0. The zero-order valence-corrected chi connectivity index (χ0v) is 11.0. The quantitative estimate of drug-likeness (QED) is 0.586. The van der Waals surface area contributed by atoms with E-state index in [4.69, 9.17) is 13.9 Å². The van der Waals surface area contributed by atoms with E-state index in [1.54, 1.807) is 0 Å². The van der Waals surface area contributed by atoms with Gasteiger partial charge in [-0.2, -0.15) is 0 Å². The molecule has 98 valence electrons. The Kier molecular flexibility index (Phi) is 2.92. The standard InChI is InChI=1S/C13H16O5/c1-7-9-5-13(11(14)16-3,12(15)17-4)6-10(9)8(2)18-7/h5-6H2,1-4H3. The highest BCUT2D eigenvalue weighted by molar-refractivity contribution is 6.01. The summed E-state index contributed by atoms with van der Waals surface area (Å²) in [6, 6.07) is 0. The van der Waals surface area contributed by atoms with Gasteiger partial charge in [-0.05, 0) is 25.0 Å². The van der Waals surface area contributed by atoms with Crippen molar-refractivity contribution in [3.8, 4) is 0 Å². The molecule has 0 spiro atoms. The van der Waals surface area contributed by atoms with E-state index in [-0.39, 0.29) is 12.8 Å². The topological polar surface area (TPSA) is 65.7 Å². The van der Waals surface area contributed by atoms with Crippen molar-refractivity contribution in [2.75, 3.05) is 14.2 Å². The van der Waals surface area contributed by atoms with Crippen LogP contribution < -0.4 is 0 Å². The molecule has 0 saturated heterocycles. The number of carbonyl (C=O) groups excluding carboxylic acids is 2. The molecule has 1 aromatic heterocycles. The summed E-state index contributed by atoms with van der Waals surface area (Å²) in [7, 11) is 2.56. The molecule has 0 fully saturated rings. The Hall–Kier alpha value is -1.78. The Balaban J connectivity index is 2.47. The molecule has 0 radical (unpaired) electrons. The molecule has 0 aliphatic heterocycles. The minimum atomic E-state index is -1.25. The van der Waals surface area contributed by atoms with Crippen LogP contribution in [0.25, 0.3) is 0 Å². The van der Waals surface area contributed by atoms with Crippen molar-refractivity contribution in [3.63, 3.8) is 0 Å². The molecule has 1 aromatic rings. The molecule has 5 nitrogen and oxygen atoms in total. The number of methoxy groups -OCH3 is 2. The molecule has 0 atom stereocenters. The summed E-state index contributed by atoms with van der Waals surface area (Å²) in [6.45, 7) is 3.66. The number of furan rings is 1. The first kappa shape index (κ1) is 12.7. The third-order valence-electron chi connectivity index (χ3n) is 3.63. The van der Waals surface area contributed by atoms with Gasteiger partial charge >= 0.3 is 11.9 Å². The van der Waals surface area contributed by atoms with E-state index in [0.717, 1.165) is 22.6 Å². The Labute approximate surface area is 105 Å². The monoisotopic (exact) mass is 252 g/mol. The largest absolute Gasteiger partial charge is 0.468 e. The summed E-state index contributed by atoms with van der Waals surface area (Å²) in [5, 5.41) is 0. The van der Waals surface area contributed by atoms with Crippen molar-refractivity contribution in [2.24, 2.45) is 5.41 Å². The van der Waals surface area contributed by atoms with Gasteiger partial charge in [0.2, 0.25) is 0 Å². The van der Waals surface area contributed by atoms with Gasteiger partial charge < -0.3 is 13.9 Å². The number of esters is 2. The first-order chi connectivity index (χ1) is 8.46. The van der Waals surface area contributed by atoms with E-state index in [1.165, 1.54) is 14.2 Å². The van der Waals surface area contributed by atoms with Crippen LogP contribution in [-0.2, 0) is 31.9 Å². The zero-order valence-electron chi connectivity index (χ0n) is 11.0. The first-order valence-electron chi connectivity index (χ1n) is 5.71. The highest BCUT2D eigenvalue weighted by Crippen LogP contribution is 2.43. The number of rotatable bonds is 2. The van der Waals surface area contributed by atoms with Gasteiger partial charge in [-0.25, -0.2) is 0 Å². The minimum Gasteiger partial charge on any atom is -0.468 e. The summed E-state index contributed by atoms with van der Waals surface area (Å²) in [5.74, 6) is 0.392. The van der Waals surface area contributed by atoms with Gasteiger partial charge in [-0.3, -0.25) is 9.59 Å². The Morgan fingerprint density at radius 2 is 1.39 bits per heavy atom. The fourth-order valence-corrected chi connectivity index (χ4v) is 2.67. The van der Waals surface area contributed by atoms with Crippen LogP contribution >= 0.6 is 0 Å². The molecule has 18 heavy (non-hydrogen) atoms. The van der Waals surface area contributed by atoms with E-state index in [9.17, 15) is 9.59 Å². The smallest absolute Gasteiger partial charge is 0.323 e. The average Bonchev–Trinajstić information content (AvgIpc) is 2.88. The summed E-state index contributed by atoms with van der Waals surface area (Å²) < 4.78 is 15.0. The predicted molar refractivity (Wildman–Crippen MR) is 62.1 cm³/mol. The number of ether oxygens (including phenoxy) is 2. The molecule has 1 aliphatic rings. The van der Waals surface area contributed by atoms with Gasteiger partial charge in [-0.15, -0.1) is 0 Å². The molecular weight excluding hydrogens is 236 g/mol. The summed E-state index contributed by atoms with van der Waals surface area (Å²) in [4.78, 5) is 23.9. The van der Waals surface area contributed by atoms with E-state index in [1.807, 2.05) is 13.8 Å². The molecule has 2 rings (SSSR count). The lowest BCUT2D eigenvalue weighted by Crippen LogP contribution is -2.42. The Morgan fingerprint density at radius 1 is 1.00 bits per heavy atom. The number of hydrogen-bond acceptors (Lipinski definition) is 5. The molecule has 1 heterocycles.